The lowest BCUT2D eigenvalue weighted by molar-refractivity contribution is -0.0335. The summed E-state index contributed by atoms with van der Waals surface area (Å²) in [4.78, 5) is 6.93. The molecule has 124 valence electrons. The molecule has 1 saturated heterocycles. The molecule has 2 aliphatic rings. The number of piperidine rings is 1. The van der Waals surface area contributed by atoms with E-state index < -0.39 is 0 Å². The second kappa shape index (κ2) is 5.87. The molecular weight excluding hydrogens is 304 g/mol. The summed E-state index contributed by atoms with van der Waals surface area (Å²) in [6.45, 7) is 6.30. The molecule has 1 fully saturated rings. The van der Waals surface area contributed by atoms with Gasteiger partial charge in [-0.3, -0.25) is 0 Å². The molecule has 4 rings (SSSR count). The molecule has 0 aliphatic carbocycles. The standard InChI is InChI=1S/C17H20N6O/c1-11(2)14-4-3-12(7-18)17(20-14)22-6-5-15-16(9-22)24-10-13-8-19-21-23(13)15/h3-4,8,11,15-16H,5-6,9-10H2,1-2H3/t15-,16-/m0/s1. The van der Waals surface area contributed by atoms with Crippen molar-refractivity contribution >= 4 is 5.82 Å². The number of rotatable bonds is 2. The maximum atomic E-state index is 9.44. The van der Waals surface area contributed by atoms with Crippen LogP contribution in [0.4, 0.5) is 5.82 Å². The smallest absolute Gasteiger partial charge is 0.146 e. The van der Waals surface area contributed by atoms with Crippen LogP contribution in [0, 0.1) is 11.3 Å². The number of hydrogen-bond donors (Lipinski definition) is 0. The van der Waals surface area contributed by atoms with Crippen LogP contribution in [-0.2, 0) is 11.3 Å². The van der Waals surface area contributed by atoms with Gasteiger partial charge in [-0.1, -0.05) is 19.1 Å². The van der Waals surface area contributed by atoms with E-state index >= 15 is 0 Å². The first-order valence-electron chi connectivity index (χ1n) is 8.34. The predicted octanol–water partition coefficient (Wildman–Crippen LogP) is 2.02. The van der Waals surface area contributed by atoms with E-state index in [1.165, 1.54) is 0 Å². The van der Waals surface area contributed by atoms with Gasteiger partial charge in [0.2, 0.25) is 0 Å². The van der Waals surface area contributed by atoms with E-state index in [1.54, 1.807) is 6.20 Å². The molecule has 2 aliphatic heterocycles. The molecule has 7 heteroatoms. The molecule has 4 heterocycles. The van der Waals surface area contributed by atoms with Gasteiger partial charge in [-0.25, -0.2) is 9.67 Å². The second-order valence-corrected chi connectivity index (χ2v) is 6.70. The van der Waals surface area contributed by atoms with Crippen molar-refractivity contribution in [2.24, 2.45) is 0 Å². The van der Waals surface area contributed by atoms with Gasteiger partial charge in [0.05, 0.1) is 36.2 Å². The largest absolute Gasteiger partial charge is 0.368 e. The van der Waals surface area contributed by atoms with E-state index in [0.717, 1.165) is 30.2 Å². The summed E-state index contributed by atoms with van der Waals surface area (Å²) >= 11 is 0. The normalized spacial score (nSPS) is 22.8. The minimum Gasteiger partial charge on any atom is -0.368 e. The van der Waals surface area contributed by atoms with E-state index in [9.17, 15) is 5.26 Å². The molecule has 0 radical (unpaired) electrons. The molecule has 24 heavy (non-hydrogen) atoms. The summed E-state index contributed by atoms with van der Waals surface area (Å²) in [5, 5.41) is 17.6. The number of nitriles is 1. The van der Waals surface area contributed by atoms with Crippen molar-refractivity contribution < 1.29 is 4.74 Å². The van der Waals surface area contributed by atoms with E-state index in [1.807, 2.05) is 16.8 Å². The highest BCUT2D eigenvalue weighted by molar-refractivity contribution is 5.55. The fraction of sp³-hybridized carbons (Fsp3) is 0.529. The van der Waals surface area contributed by atoms with Crippen LogP contribution in [0.5, 0.6) is 0 Å². The van der Waals surface area contributed by atoms with Crippen LogP contribution in [0.1, 0.15) is 49.2 Å². The predicted molar refractivity (Wildman–Crippen MR) is 87.5 cm³/mol. The lowest BCUT2D eigenvalue weighted by atomic mass is 9.99. The molecule has 0 N–H and O–H groups in total. The van der Waals surface area contributed by atoms with E-state index in [4.69, 9.17) is 9.72 Å². The summed E-state index contributed by atoms with van der Waals surface area (Å²) in [6, 6.07) is 6.30. The van der Waals surface area contributed by atoms with Crippen molar-refractivity contribution in [2.45, 2.75) is 44.9 Å². The Morgan fingerprint density at radius 3 is 3.04 bits per heavy atom. The highest BCUT2D eigenvalue weighted by Crippen LogP contribution is 2.33. The van der Waals surface area contributed by atoms with Gasteiger partial charge in [0.15, 0.2) is 0 Å². The Labute approximate surface area is 140 Å². The molecule has 2 aromatic heterocycles. The molecule has 0 aromatic carbocycles. The van der Waals surface area contributed by atoms with Gasteiger partial charge in [0, 0.05) is 18.8 Å². The van der Waals surface area contributed by atoms with Crippen molar-refractivity contribution in [3.8, 4) is 6.07 Å². The van der Waals surface area contributed by atoms with Crippen molar-refractivity contribution in [3.63, 3.8) is 0 Å². The van der Waals surface area contributed by atoms with Crippen LogP contribution in [0.15, 0.2) is 18.3 Å². The number of ether oxygens (including phenoxy) is 1. The van der Waals surface area contributed by atoms with Crippen LogP contribution < -0.4 is 4.90 Å². The quantitative estimate of drug-likeness (QED) is 0.841. The third-order valence-corrected chi connectivity index (χ3v) is 4.84. The Bertz CT molecular complexity index is 793. The number of hydrogen-bond acceptors (Lipinski definition) is 6. The van der Waals surface area contributed by atoms with Crippen LogP contribution in [0.2, 0.25) is 0 Å². The topological polar surface area (TPSA) is 79.9 Å². The van der Waals surface area contributed by atoms with Gasteiger partial charge < -0.3 is 9.64 Å². The molecule has 0 saturated carbocycles. The summed E-state index contributed by atoms with van der Waals surface area (Å²) in [6.07, 6.45) is 2.72. The minimum absolute atomic E-state index is 0.0454. The Hall–Kier alpha value is -2.46. The maximum absolute atomic E-state index is 9.44. The first-order chi connectivity index (χ1) is 11.7. The number of aromatic nitrogens is 4. The van der Waals surface area contributed by atoms with Gasteiger partial charge in [0.1, 0.15) is 11.9 Å². The zero-order valence-corrected chi connectivity index (χ0v) is 13.9. The van der Waals surface area contributed by atoms with Crippen molar-refractivity contribution in [3.05, 3.63) is 35.3 Å². The molecule has 2 atom stereocenters. The first kappa shape index (κ1) is 15.1. The van der Waals surface area contributed by atoms with E-state index in [0.29, 0.717) is 24.6 Å². The van der Waals surface area contributed by atoms with Crippen LogP contribution in [-0.4, -0.2) is 39.2 Å². The van der Waals surface area contributed by atoms with Crippen molar-refractivity contribution in [1.29, 1.82) is 5.26 Å². The van der Waals surface area contributed by atoms with Gasteiger partial charge in [-0.15, -0.1) is 5.10 Å². The van der Waals surface area contributed by atoms with Crippen LogP contribution in [0.3, 0.4) is 0 Å². The molecule has 7 nitrogen and oxygen atoms in total. The third kappa shape index (κ3) is 2.43. The Kier molecular flexibility index (Phi) is 3.69. The molecule has 2 aromatic rings. The van der Waals surface area contributed by atoms with E-state index in [2.05, 4.69) is 35.1 Å². The lowest BCUT2D eigenvalue weighted by Crippen LogP contribution is -2.49. The van der Waals surface area contributed by atoms with Crippen molar-refractivity contribution in [1.82, 2.24) is 20.0 Å². The number of fused-ring (bicyclic) bond motifs is 3. The highest BCUT2D eigenvalue weighted by Gasteiger charge is 2.37. The third-order valence-electron chi connectivity index (χ3n) is 4.84. The van der Waals surface area contributed by atoms with Gasteiger partial charge in [0.25, 0.3) is 0 Å². The first-order valence-corrected chi connectivity index (χ1v) is 8.34. The SMILES string of the molecule is CC(C)c1ccc(C#N)c(N2CC[C@H]3[C@H](C2)OCc2cnnn23)n1. The Morgan fingerprint density at radius 2 is 2.25 bits per heavy atom. The van der Waals surface area contributed by atoms with Gasteiger partial charge >= 0.3 is 0 Å². The summed E-state index contributed by atoms with van der Waals surface area (Å²) in [7, 11) is 0. The average Bonchev–Trinajstić information content (AvgIpc) is 3.09. The molecule has 0 spiro atoms. The molecule has 0 unspecified atom stereocenters. The van der Waals surface area contributed by atoms with E-state index in [-0.39, 0.29) is 12.1 Å². The van der Waals surface area contributed by atoms with Crippen LogP contribution >= 0.6 is 0 Å². The zero-order chi connectivity index (χ0) is 16.7. The van der Waals surface area contributed by atoms with Gasteiger partial charge in [-0.05, 0) is 24.5 Å². The number of anilines is 1. The summed E-state index contributed by atoms with van der Waals surface area (Å²) in [5.41, 5.74) is 2.66. The monoisotopic (exact) mass is 324 g/mol. The summed E-state index contributed by atoms with van der Waals surface area (Å²) in [5.74, 6) is 1.10. The summed E-state index contributed by atoms with van der Waals surface area (Å²) < 4.78 is 8.01. The Morgan fingerprint density at radius 1 is 1.38 bits per heavy atom. The lowest BCUT2D eigenvalue weighted by Gasteiger charge is -2.41. The van der Waals surface area contributed by atoms with Crippen molar-refractivity contribution in [2.75, 3.05) is 18.0 Å². The zero-order valence-electron chi connectivity index (χ0n) is 13.9. The average molecular weight is 324 g/mol. The number of nitrogens with zero attached hydrogens (tertiary/aromatic N) is 6. The molecule has 0 bridgehead atoms. The van der Waals surface area contributed by atoms with Crippen LogP contribution in [0.25, 0.3) is 0 Å². The van der Waals surface area contributed by atoms with Gasteiger partial charge in [-0.2, -0.15) is 5.26 Å². The highest BCUT2D eigenvalue weighted by atomic mass is 16.5. The molecule has 0 amide bonds. The number of pyridine rings is 1. The second-order valence-electron chi connectivity index (χ2n) is 6.70. The minimum atomic E-state index is 0.0454. The molecular formula is C17H20N6O. The maximum Gasteiger partial charge on any atom is 0.146 e. The fourth-order valence-corrected chi connectivity index (χ4v) is 3.49. The Balaban J connectivity index is 1.62. The fourth-order valence-electron chi connectivity index (χ4n) is 3.49.